The summed E-state index contributed by atoms with van der Waals surface area (Å²) in [6, 6.07) is 0. The molecule has 0 aromatic rings. The number of hydrogen-bond donors (Lipinski definition) is 2. The van der Waals surface area contributed by atoms with Gasteiger partial charge in [0.15, 0.2) is 0 Å². The summed E-state index contributed by atoms with van der Waals surface area (Å²) >= 11 is 0.515. The number of carboxylic acid groups (broad SMARTS) is 1. The van der Waals surface area contributed by atoms with Gasteiger partial charge in [-0.2, -0.15) is 0 Å². The molecule has 0 spiro atoms. The second-order valence-corrected chi connectivity index (χ2v) is 3.36. The second kappa shape index (κ2) is 3.77. The Labute approximate surface area is 62.0 Å². The van der Waals surface area contributed by atoms with Crippen LogP contribution in [0, 0.1) is 0 Å². The van der Waals surface area contributed by atoms with Gasteiger partial charge in [-0.15, -0.1) is 4.33 Å². The van der Waals surface area contributed by atoms with E-state index in [1.165, 1.54) is 13.8 Å². The van der Waals surface area contributed by atoms with Crippen LogP contribution >= 0.6 is 12.0 Å². The molecule has 5 nitrogen and oxygen atoms in total. The molecular formula is C4H8O5S. The molecule has 0 heterocycles. The van der Waals surface area contributed by atoms with Crippen molar-refractivity contribution in [3.05, 3.63) is 0 Å². The fraction of sp³-hybridized carbons (Fsp3) is 0.750. The molecule has 0 aromatic heterocycles. The fourth-order valence-corrected chi connectivity index (χ4v) is 0.408. The zero-order valence-corrected chi connectivity index (χ0v) is 6.34. The Hall–Kier alpha value is -0.300. The number of aliphatic carboxylic acids is 1. The lowest BCUT2D eigenvalue weighted by Gasteiger charge is -2.13. The third-order valence-corrected chi connectivity index (χ3v) is 1.51. The van der Waals surface area contributed by atoms with Crippen molar-refractivity contribution in [3.63, 3.8) is 0 Å². The minimum atomic E-state index is -1.12. The van der Waals surface area contributed by atoms with Crippen molar-refractivity contribution in [1.29, 1.82) is 0 Å². The number of carboxylic acids is 1. The predicted octanol–water partition coefficient (Wildman–Crippen LogP) is 0.919. The maximum absolute atomic E-state index is 10.3. The quantitative estimate of drug-likeness (QED) is 0.369. The summed E-state index contributed by atoms with van der Waals surface area (Å²) in [6.07, 6.45) is 0. The molecule has 6 heteroatoms. The molecule has 0 saturated carbocycles. The van der Waals surface area contributed by atoms with Crippen molar-refractivity contribution in [2.75, 3.05) is 0 Å². The molecule has 0 aliphatic rings. The Morgan fingerprint density at radius 1 is 1.60 bits per heavy atom. The van der Waals surface area contributed by atoms with Gasteiger partial charge in [0, 0.05) is 0 Å². The fourth-order valence-electron chi connectivity index (χ4n) is 0.136. The van der Waals surface area contributed by atoms with Crippen LogP contribution < -0.4 is 0 Å². The Kier molecular flexibility index (Phi) is 3.66. The van der Waals surface area contributed by atoms with Crippen LogP contribution in [0.5, 0.6) is 0 Å². The van der Waals surface area contributed by atoms with E-state index in [-0.39, 0.29) is 0 Å². The topological polar surface area (TPSA) is 76.0 Å². The number of rotatable bonds is 4. The maximum atomic E-state index is 10.3. The van der Waals surface area contributed by atoms with E-state index in [4.69, 9.17) is 10.4 Å². The zero-order valence-electron chi connectivity index (χ0n) is 5.53. The lowest BCUT2D eigenvalue weighted by Crippen LogP contribution is -2.27. The molecule has 0 bridgehead atoms. The van der Waals surface area contributed by atoms with E-state index in [1.807, 2.05) is 0 Å². The summed E-state index contributed by atoms with van der Waals surface area (Å²) < 4.78 is 2.83. The standard InChI is InChI=1S/C4H8O5S/c1-4(2,3(5)6)10-9-8-7/h7H,1-2H3,(H,5,6). The van der Waals surface area contributed by atoms with Gasteiger partial charge in [-0.25, -0.2) is 5.26 Å². The van der Waals surface area contributed by atoms with Gasteiger partial charge < -0.3 is 5.11 Å². The van der Waals surface area contributed by atoms with E-state index < -0.39 is 10.7 Å². The Balaban J connectivity index is 3.75. The van der Waals surface area contributed by atoms with Gasteiger partial charge >= 0.3 is 5.97 Å². The molecule has 0 aliphatic carbocycles. The first-order valence-electron chi connectivity index (χ1n) is 2.40. The normalized spacial score (nSPS) is 11.5. The monoisotopic (exact) mass is 168 g/mol. The van der Waals surface area contributed by atoms with Gasteiger partial charge in [-0.05, 0) is 13.8 Å². The molecule has 0 unspecified atom stereocenters. The van der Waals surface area contributed by atoms with E-state index in [0.717, 1.165) is 0 Å². The Morgan fingerprint density at radius 2 is 2.10 bits per heavy atom. The molecule has 10 heavy (non-hydrogen) atoms. The zero-order chi connectivity index (χ0) is 8.20. The number of carbonyl (C=O) groups is 1. The first-order chi connectivity index (χ1) is 4.50. The molecule has 0 fully saturated rings. The van der Waals surface area contributed by atoms with Crippen molar-refractivity contribution in [2.45, 2.75) is 18.6 Å². The second-order valence-electron chi connectivity index (χ2n) is 2.04. The van der Waals surface area contributed by atoms with Crippen molar-refractivity contribution >= 4 is 18.0 Å². The molecule has 0 saturated heterocycles. The minimum Gasteiger partial charge on any atom is -0.480 e. The number of hydrogen-bond acceptors (Lipinski definition) is 5. The van der Waals surface area contributed by atoms with Gasteiger partial charge in [-0.3, -0.25) is 4.79 Å². The van der Waals surface area contributed by atoms with Crippen molar-refractivity contribution < 1.29 is 24.5 Å². The van der Waals surface area contributed by atoms with E-state index in [1.54, 1.807) is 0 Å². The van der Waals surface area contributed by atoms with E-state index >= 15 is 0 Å². The van der Waals surface area contributed by atoms with Crippen LogP contribution in [-0.2, 0) is 14.2 Å². The van der Waals surface area contributed by atoms with Gasteiger partial charge in [0.25, 0.3) is 0 Å². The van der Waals surface area contributed by atoms with Gasteiger partial charge in [0.1, 0.15) is 4.75 Å². The third-order valence-electron chi connectivity index (χ3n) is 0.788. The molecule has 0 radical (unpaired) electrons. The smallest absolute Gasteiger partial charge is 0.321 e. The average Bonchev–Trinajstić information content (AvgIpc) is 1.84. The van der Waals surface area contributed by atoms with Crippen molar-refractivity contribution in [3.8, 4) is 0 Å². The van der Waals surface area contributed by atoms with Crippen molar-refractivity contribution in [1.82, 2.24) is 0 Å². The van der Waals surface area contributed by atoms with Crippen LogP contribution in [0.15, 0.2) is 0 Å². The molecule has 2 N–H and O–H groups in total. The lowest BCUT2D eigenvalue weighted by atomic mass is 10.2. The van der Waals surface area contributed by atoms with Crippen LogP contribution in [0.2, 0.25) is 0 Å². The Bertz CT molecular complexity index is 123. The molecule has 0 amide bonds. The summed E-state index contributed by atoms with van der Waals surface area (Å²) in [7, 11) is 0. The predicted molar refractivity (Wildman–Crippen MR) is 34.1 cm³/mol. The average molecular weight is 168 g/mol. The highest BCUT2D eigenvalue weighted by atomic mass is 32.2. The van der Waals surface area contributed by atoms with Crippen molar-refractivity contribution in [2.24, 2.45) is 0 Å². The highest BCUT2D eigenvalue weighted by Gasteiger charge is 2.29. The summed E-state index contributed by atoms with van der Waals surface area (Å²) in [5.74, 6) is -1.05. The maximum Gasteiger partial charge on any atom is 0.321 e. The van der Waals surface area contributed by atoms with Crippen LogP contribution in [0.4, 0.5) is 0 Å². The molecule has 0 aliphatic heterocycles. The van der Waals surface area contributed by atoms with Crippen LogP contribution in [0.3, 0.4) is 0 Å². The highest BCUT2D eigenvalue weighted by molar-refractivity contribution is 7.96. The van der Waals surface area contributed by atoms with E-state index in [2.05, 4.69) is 9.37 Å². The lowest BCUT2D eigenvalue weighted by molar-refractivity contribution is -0.432. The van der Waals surface area contributed by atoms with Crippen LogP contribution in [0.25, 0.3) is 0 Å². The van der Waals surface area contributed by atoms with Gasteiger partial charge in [0.05, 0.1) is 12.0 Å². The molecule has 0 rings (SSSR count). The van der Waals surface area contributed by atoms with Crippen LogP contribution in [0.1, 0.15) is 13.8 Å². The summed E-state index contributed by atoms with van der Waals surface area (Å²) in [4.78, 5) is 10.3. The molecular weight excluding hydrogens is 160 g/mol. The first kappa shape index (κ1) is 9.70. The largest absolute Gasteiger partial charge is 0.480 e. The van der Waals surface area contributed by atoms with E-state index in [0.29, 0.717) is 12.0 Å². The molecule has 0 aromatic carbocycles. The minimum absolute atomic E-state index is 0.515. The third kappa shape index (κ3) is 3.02. The van der Waals surface area contributed by atoms with E-state index in [9.17, 15) is 4.79 Å². The Morgan fingerprint density at radius 3 is 2.40 bits per heavy atom. The van der Waals surface area contributed by atoms with Crippen LogP contribution in [-0.4, -0.2) is 21.1 Å². The SMILES string of the molecule is CC(C)(SOOO)C(=O)O. The molecule has 60 valence electrons. The summed E-state index contributed by atoms with van der Waals surface area (Å²) in [5, 5.41) is 19.3. The molecule has 0 atom stereocenters. The first-order valence-corrected chi connectivity index (χ1v) is 3.14. The highest BCUT2D eigenvalue weighted by Crippen LogP contribution is 2.24. The van der Waals surface area contributed by atoms with Gasteiger partial charge in [-0.1, -0.05) is 5.04 Å². The summed E-state index contributed by atoms with van der Waals surface area (Å²) in [5.41, 5.74) is 0. The summed E-state index contributed by atoms with van der Waals surface area (Å²) in [6.45, 7) is 2.83. The van der Waals surface area contributed by atoms with Gasteiger partial charge in [0.2, 0.25) is 0 Å².